The van der Waals surface area contributed by atoms with Crippen molar-refractivity contribution < 1.29 is 4.74 Å². The zero-order valence-corrected chi connectivity index (χ0v) is 20.0. The number of rotatable bonds is 8. The number of halogens is 1. The van der Waals surface area contributed by atoms with Gasteiger partial charge < -0.3 is 20.3 Å². The van der Waals surface area contributed by atoms with Crippen LogP contribution in [0.15, 0.2) is 47.5 Å². The Kier molecular flexibility index (Phi) is 10.7. The summed E-state index contributed by atoms with van der Waals surface area (Å²) in [5.41, 5.74) is 1.38. The van der Waals surface area contributed by atoms with Crippen molar-refractivity contribution in [1.29, 1.82) is 0 Å². The predicted molar refractivity (Wildman–Crippen MR) is 134 cm³/mol. The average molecular weight is 510 g/mol. The summed E-state index contributed by atoms with van der Waals surface area (Å²) in [6.45, 7) is 5.16. The van der Waals surface area contributed by atoms with E-state index in [0.717, 1.165) is 64.4 Å². The Morgan fingerprint density at radius 2 is 1.90 bits per heavy atom. The summed E-state index contributed by atoms with van der Waals surface area (Å²) in [7, 11) is 3.63. The van der Waals surface area contributed by atoms with Crippen LogP contribution < -0.4 is 10.6 Å². The number of methoxy groups -OCH3 is 1. The fourth-order valence-corrected chi connectivity index (χ4v) is 3.95. The van der Waals surface area contributed by atoms with Gasteiger partial charge in [0.15, 0.2) is 5.96 Å². The minimum atomic E-state index is 0. The highest BCUT2D eigenvalue weighted by molar-refractivity contribution is 14.0. The van der Waals surface area contributed by atoms with Crippen LogP contribution in [-0.2, 0) is 11.2 Å². The molecule has 6 heteroatoms. The minimum absolute atomic E-state index is 0. The van der Waals surface area contributed by atoms with Gasteiger partial charge in [-0.1, -0.05) is 42.5 Å². The van der Waals surface area contributed by atoms with Gasteiger partial charge in [-0.25, -0.2) is 0 Å². The highest BCUT2D eigenvalue weighted by atomic mass is 127. The fraction of sp³-hybridized carbons (Fsp3) is 0.522. The lowest BCUT2D eigenvalue weighted by Gasteiger charge is -2.33. The molecule has 2 aromatic rings. The van der Waals surface area contributed by atoms with E-state index in [0.29, 0.717) is 6.04 Å². The number of likely N-dealkylation sites (tertiary alicyclic amines) is 1. The van der Waals surface area contributed by atoms with Crippen LogP contribution in [0.5, 0.6) is 0 Å². The number of hydrogen-bond donors (Lipinski definition) is 2. The van der Waals surface area contributed by atoms with Crippen LogP contribution in [0.3, 0.4) is 0 Å². The molecule has 1 fully saturated rings. The van der Waals surface area contributed by atoms with Gasteiger partial charge in [0.05, 0.1) is 0 Å². The molecule has 0 unspecified atom stereocenters. The van der Waals surface area contributed by atoms with Gasteiger partial charge in [-0.2, -0.15) is 0 Å². The summed E-state index contributed by atoms with van der Waals surface area (Å²) in [5, 5.41) is 9.74. The highest BCUT2D eigenvalue weighted by Gasteiger charge is 2.19. The first-order valence-electron chi connectivity index (χ1n) is 10.5. The lowest BCUT2D eigenvalue weighted by atomic mass is 10.0. The summed E-state index contributed by atoms with van der Waals surface area (Å²) in [6, 6.07) is 15.6. The van der Waals surface area contributed by atoms with Crippen molar-refractivity contribution >= 4 is 40.7 Å². The molecule has 0 saturated carbocycles. The van der Waals surface area contributed by atoms with Gasteiger partial charge in [0.25, 0.3) is 0 Å². The van der Waals surface area contributed by atoms with Gasteiger partial charge in [-0.05, 0) is 42.0 Å². The molecular weight excluding hydrogens is 475 g/mol. The van der Waals surface area contributed by atoms with Crippen LogP contribution >= 0.6 is 24.0 Å². The molecule has 1 aliphatic rings. The number of ether oxygens (including phenoxy) is 1. The summed E-state index contributed by atoms with van der Waals surface area (Å²) >= 11 is 0. The van der Waals surface area contributed by atoms with Crippen LogP contribution in [0.25, 0.3) is 10.8 Å². The molecule has 29 heavy (non-hydrogen) atoms. The molecule has 0 amide bonds. The Morgan fingerprint density at radius 3 is 2.66 bits per heavy atom. The molecule has 1 heterocycles. The number of benzene rings is 2. The van der Waals surface area contributed by atoms with E-state index in [9.17, 15) is 0 Å². The van der Waals surface area contributed by atoms with Gasteiger partial charge in [-0.3, -0.25) is 4.99 Å². The van der Waals surface area contributed by atoms with Gasteiger partial charge in [0, 0.05) is 53.0 Å². The maximum absolute atomic E-state index is 5.15. The van der Waals surface area contributed by atoms with Crippen molar-refractivity contribution in [2.75, 3.05) is 46.9 Å². The Balaban J connectivity index is 0.00000300. The number of fused-ring (bicyclic) bond motifs is 1. The van der Waals surface area contributed by atoms with Crippen LogP contribution in [0.1, 0.15) is 24.8 Å². The summed E-state index contributed by atoms with van der Waals surface area (Å²) in [5.74, 6) is 0.915. The van der Waals surface area contributed by atoms with Gasteiger partial charge >= 0.3 is 0 Å². The first kappa shape index (κ1) is 23.9. The van der Waals surface area contributed by atoms with Crippen molar-refractivity contribution in [1.82, 2.24) is 15.5 Å². The van der Waals surface area contributed by atoms with E-state index in [4.69, 9.17) is 4.74 Å². The molecule has 0 atom stereocenters. The second-order valence-corrected chi connectivity index (χ2v) is 7.49. The molecule has 0 aromatic heterocycles. The second-order valence-electron chi connectivity index (χ2n) is 7.49. The zero-order valence-electron chi connectivity index (χ0n) is 17.7. The SMILES string of the molecule is CN=C(NCCc1cccc2ccccc12)NC1CCN(CCCOC)CC1.I. The Bertz CT molecular complexity index is 754. The molecule has 1 saturated heterocycles. The molecule has 3 rings (SSSR count). The largest absolute Gasteiger partial charge is 0.385 e. The third kappa shape index (κ3) is 7.42. The number of aliphatic imine (C=N–C) groups is 1. The standard InChI is InChI=1S/C23H34N4O.HI/c1-24-23(26-21-12-16-27(17-13-21)15-6-18-28-2)25-14-11-20-9-5-8-19-7-3-4-10-22(19)20;/h3-5,7-10,21H,6,11-18H2,1-2H3,(H2,24,25,26);1H. The smallest absolute Gasteiger partial charge is 0.191 e. The summed E-state index contributed by atoms with van der Waals surface area (Å²) < 4.78 is 5.15. The van der Waals surface area contributed by atoms with Gasteiger partial charge in [0.2, 0.25) is 0 Å². The zero-order chi connectivity index (χ0) is 19.6. The van der Waals surface area contributed by atoms with Gasteiger partial charge in [-0.15, -0.1) is 24.0 Å². The molecule has 0 radical (unpaired) electrons. The highest BCUT2D eigenvalue weighted by Crippen LogP contribution is 2.18. The van der Waals surface area contributed by atoms with Crippen molar-refractivity contribution in [3.63, 3.8) is 0 Å². The molecule has 2 N–H and O–H groups in total. The van der Waals surface area contributed by atoms with E-state index >= 15 is 0 Å². The van der Waals surface area contributed by atoms with E-state index in [2.05, 4.69) is 63.0 Å². The molecule has 5 nitrogen and oxygen atoms in total. The first-order chi connectivity index (χ1) is 13.8. The van der Waals surface area contributed by atoms with Crippen LogP contribution in [-0.4, -0.2) is 63.8 Å². The molecule has 2 aromatic carbocycles. The number of guanidine groups is 1. The fourth-order valence-electron chi connectivity index (χ4n) is 3.95. The van der Waals surface area contributed by atoms with E-state index < -0.39 is 0 Å². The number of nitrogens with one attached hydrogen (secondary N) is 2. The lowest BCUT2D eigenvalue weighted by Crippen LogP contribution is -2.49. The van der Waals surface area contributed by atoms with Crippen LogP contribution in [0.4, 0.5) is 0 Å². The van der Waals surface area contributed by atoms with Crippen molar-refractivity contribution in [2.24, 2.45) is 4.99 Å². The van der Waals surface area contributed by atoms with E-state index in [-0.39, 0.29) is 24.0 Å². The predicted octanol–water partition coefficient (Wildman–Crippen LogP) is 3.67. The maximum atomic E-state index is 5.15. The van der Waals surface area contributed by atoms with E-state index in [1.807, 2.05) is 7.05 Å². The van der Waals surface area contributed by atoms with Crippen molar-refractivity contribution in [2.45, 2.75) is 31.7 Å². The monoisotopic (exact) mass is 510 g/mol. The van der Waals surface area contributed by atoms with E-state index in [1.54, 1.807) is 7.11 Å². The molecule has 1 aliphatic heterocycles. The van der Waals surface area contributed by atoms with Crippen LogP contribution in [0.2, 0.25) is 0 Å². The first-order valence-corrected chi connectivity index (χ1v) is 10.5. The molecular formula is C23H35IN4O. The molecule has 160 valence electrons. The number of hydrogen-bond acceptors (Lipinski definition) is 3. The third-order valence-corrected chi connectivity index (χ3v) is 5.54. The maximum Gasteiger partial charge on any atom is 0.191 e. The molecule has 0 aliphatic carbocycles. The quantitative estimate of drug-likeness (QED) is 0.246. The topological polar surface area (TPSA) is 48.9 Å². The Labute approximate surface area is 192 Å². The normalized spacial score (nSPS) is 15.9. The molecule has 0 spiro atoms. The number of nitrogens with zero attached hydrogens (tertiary/aromatic N) is 2. The second kappa shape index (κ2) is 13.0. The minimum Gasteiger partial charge on any atom is -0.385 e. The summed E-state index contributed by atoms with van der Waals surface area (Å²) in [6.07, 6.45) is 4.43. The lowest BCUT2D eigenvalue weighted by molar-refractivity contribution is 0.155. The summed E-state index contributed by atoms with van der Waals surface area (Å²) in [4.78, 5) is 6.96. The van der Waals surface area contributed by atoms with Crippen LogP contribution in [0, 0.1) is 0 Å². The van der Waals surface area contributed by atoms with Crippen molar-refractivity contribution in [3.8, 4) is 0 Å². The van der Waals surface area contributed by atoms with E-state index in [1.165, 1.54) is 16.3 Å². The Morgan fingerprint density at radius 1 is 1.14 bits per heavy atom. The average Bonchev–Trinajstić information content (AvgIpc) is 2.74. The number of piperidine rings is 1. The third-order valence-electron chi connectivity index (χ3n) is 5.54. The van der Waals surface area contributed by atoms with Gasteiger partial charge in [0.1, 0.15) is 0 Å². The van der Waals surface area contributed by atoms with Crippen molar-refractivity contribution in [3.05, 3.63) is 48.0 Å². The Hall–Kier alpha value is -1.38. The molecule has 0 bridgehead atoms.